The van der Waals surface area contributed by atoms with Gasteiger partial charge in [-0.05, 0) is 42.3 Å². The first-order valence-electron chi connectivity index (χ1n) is 7.87. The number of nitrogens with one attached hydrogen (secondary N) is 1. The zero-order valence-electron chi connectivity index (χ0n) is 14.9. The van der Waals surface area contributed by atoms with Gasteiger partial charge in [-0.15, -0.1) is 0 Å². The summed E-state index contributed by atoms with van der Waals surface area (Å²) in [6.07, 6.45) is 0.181. The number of benzene rings is 2. The highest BCUT2D eigenvalue weighted by Gasteiger charge is 2.13. The second-order valence-corrected chi connectivity index (χ2v) is 7.33. The van der Waals surface area contributed by atoms with Gasteiger partial charge in [0.05, 0.1) is 31.6 Å². The fourth-order valence-electron chi connectivity index (χ4n) is 2.50. The molecule has 140 valence electrons. The van der Waals surface area contributed by atoms with Gasteiger partial charge >= 0.3 is 0 Å². The number of carbonyl (C=O) groups excluding carboxylic acids is 1. The van der Waals surface area contributed by atoms with Crippen molar-refractivity contribution in [2.75, 3.05) is 14.2 Å². The Kier molecular flexibility index (Phi) is 6.23. The predicted octanol–water partition coefficient (Wildman–Crippen LogP) is 1.77. The minimum absolute atomic E-state index is 0.0325. The fraction of sp³-hybridized carbons (Fsp3) is 0.278. The van der Waals surface area contributed by atoms with Crippen LogP contribution >= 0.6 is 0 Å². The zero-order valence-corrected chi connectivity index (χ0v) is 15.7. The molecule has 3 N–H and O–H groups in total. The normalized spacial score (nSPS) is 12.3. The van der Waals surface area contributed by atoms with Crippen LogP contribution in [0.25, 0.3) is 0 Å². The summed E-state index contributed by atoms with van der Waals surface area (Å²) >= 11 is 0. The average Bonchev–Trinajstić information content (AvgIpc) is 2.60. The summed E-state index contributed by atoms with van der Waals surface area (Å²) in [6, 6.07) is 11.1. The molecule has 1 amide bonds. The van der Waals surface area contributed by atoms with E-state index in [1.807, 2.05) is 6.92 Å². The smallest absolute Gasteiger partial charge is 0.238 e. The quantitative estimate of drug-likeness (QED) is 0.763. The summed E-state index contributed by atoms with van der Waals surface area (Å²) in [4.78, 5) is 12.3. The Labute approximate surface area is 153 Å². The first-order chi connectivity index (χ1) is 12.2. The number of amides is 1. The molecule has 1 atom stereocenters. The van der Waals surface area contributed by atoms with E-state index in [4.69, 9.17) is 14.6 Å². The maximum Gasteiger partial charge on any atom is 0.238 e. The molecule has 8 heteroatoms. The van der Waals surface area contributed by atoms with E-state index in [1.54, 1.807) is 37.4 Å². The number of primary sulfonamides is 1. The van der Waals surface area contributed by atoms with E-state index < -0.39 is 10.0 Å². The van der Waals surface area contributed by atoms with Crippen molar-refractivity contribution in [2.24, 2.45) is 5.14 Å². The Morgan fingerprint density at radius 2 is 1.69 bits per heavy atom. The van der Waals surface area contributed by atoms with Crippen LogP contribution in [0.5, 0.6) is 11.5 Å². The molecular formula is C18H22N2O5S. The molecule has 0 aromatic heterocycles. The van der Waals surface area contributed by atoms with E-state index in [0.717, 1.165) is 11.1 Å². The lowest BCUT2D eigenvalue weighted by Crippen LogP contribution is -2.28. The van der Waals surface area contributed by atoms with Gasteiger partial charge in [0.2, 0.25) is 15.9 Å². The Morgan fingerprint density at radius 1 is 1.08 bits per heavy atom. The molecule has 0 bridgehead atoms. The third kappa shape index (κ3) is 4.96. The highest BCUT2D eigenvalue weighted by atomic mass is 32.2. The zero-order chi connectivity index (χ0) is 19.3. The van der Waals surface area contributed by atoms with Crippen LogP contribution in [0.4, 0.5) is 0 Å². The van der Waals surface area contributed by atoms with Crippen LogP contribution in [-0.2, 0) is 21.2 Å². The molecule has 0 aliphatic heterocycles. The lowest BCUT2D eigenvalue weighted by molar-refractivity contribution is -0.121. The SMILES string of the molecule is COc1ccc(CC(=O)N[C@H](C)c2ccc(S(N)(=O)=O)cc2)cc1OC. The van der Waals surface area contributed by atoms with Gasteiger partial charge in [0.15, 0.2) is 11.5 Å². The van der Waals surface area contributed by atoms with E-state index in [9.17, 15) is 13.2 Å². The van der Waals surface area contributed by atoms with Crippen LogP contribution < -0.4 is 19.9 Å². The highest BCUT2D eigenvalue weighted by Crippen LogP contribution is 2.27. The van der Waals surface area contributed by atoms with Crippen LogP contribution in [0.2, 0.25) is 0 Å². The van der Waals surface area contributed by atoms with Gasteiger partial charge in [-0.3, -0.25) is 4.79 Å². The number of rotatable bonds is 7. The van der Waals surface area contributed by atoms with Crippen molar-refractivity contribution < 1.29 is 22.7 Å². The first-order valence-corrected chi connectivity index (χ1v) is 9.42. The fourth-order valence-corrected chi connectivity index (χ4v) is 3.01. The van der Waals surface area contributed by atoms with Crippen molar-refractivity contribution in [1.82, 2.24) is 5.32 Å². The Hall–Kier alpha value is -2.58. The van der Waals surface area contributed by atoms with Crippen molar-refractivity contribution in [1.29, 1.82) is 0 Å². The van der Waals surface area contributed by atoms with Gasteiger partial charge in [0.1, 0.15) is 0 Å². The largest absolute Gasteiger partial charge is 0.493 e. The molecule has 2 aromatic carbocycles. The van der Waals surface area contributed by atoms with Crippen LogP contribution in [0, 0.1) is 0 Å². The van der Waals surface area contributed by atoms with Crippen LogP contribution in [0.1, 0.15) is 24.1 Å². The van der Waals surface area contributed by atoms with Gasteiger partial charge in [-0.25, -0.2) is 13.6 Å². The van der Waals surface area contributed by atoms with Crippen molar-refractivity contribution in [3.63, 3.8) is 0 Å². The molecule has 26 heavy (non-hydrogen) atoms. The summed E-state index contributed by atoms with van der Waals surface area (Å²) < 4.78 is 33.0. The molecule has 0 aliphatic rings. The average molecular weight is 378 g/mol. The second-order valence-electron chi connectivity index (χ2n) is 5.77. The molecule has 0 spiro atoms. The number of methoxy groups -OCH3 is 2. The number of hydrogen-bond donors (Lipinski definition) is 2. The molecule has 0 aliphatic carbocycles. The van der Waals surface area contributed by atoms with E-state index in [1.165, 1.54) is 19.2 Å². The van der Waals surface area contributed by atoms with Crippen LogP contribution in [0.3, 0.4) is 0 Å². The highest BCUT2D eigenvalue weighted by molar-refractivity contribution is 7.89. The molecule has 0 radical (unpaired) electrons. The van der Waals surface area contributed by atoms with Gasteiger partial charge in [0, 0.05) is 0 Å². The molecule has 0 heterocycles. The molecule has 0 saturated heterocycles. The minimum atomic E-state index is -3.73. The monoisotopic (exact) mass is 378 g/mol. The number of ether oxygens (including phenoxy) is 2. The molecule has 2 aromatic rings. The van der Waals surface area contributed by atoms with Gasteiger partial charge in [-0.2, -0.15) is 0 Å². The molecule has 0 fully saturated rings. The molecular weight excluding hydrogens is 356 g/mol. The molecule has 7 nitrogen and oxygen atoms in total. The van der Waals surface area contributed by atoms with E-state index >= 15 is 0 Å². The molecule has 2 rings (SSSR count). The van der Waals surface area contributed by atoms with Gasteiger partial charge in [0.25, 0.3) is 0 Å². The predicted molar refractivity (Wildman–Crippen MR) is 97.6 cm³/mol. The summed E-state index contributed by atoms with van der Waals surface area (Å²) in [6.45, 7) is 1.82. The van der Waals surface area contributed by atoms with Crippen molar-refractivity contribution in [3.05, 3.63) is 53.6 Å². The summed E-state index contributed by atoms with van der Waals surface area (Å²) in [7, 11) is -0.646. The standard InChI is InChI=1S/C18H22N2O5S/c1-12(14-5-7-15(8-6-14)26(19,22)23)20-18(21)11-13-4-9-16(24-2)17(10-13)25-3/h4-10,12H,11H2,1-3H3,(H,20,21)(H2,19,22,23)/t12-/m1/s1. The van der Waals surface area contributed by atoms with Crippen LogP contribution in [0.15, 0.2) is 47.4 Å². The van der Waals surface area contributed by atoms with Crippen molar-refractivity contribution in [3.8, 4) is 11.5 Å². The summed E-state index contributed by atoms with van der Waals surface area (Å²) in [5, 5.41) is 7.95. The lowest BCUT2D eigenvalue weighted by Gasteiger charge is -2.15. The Morgan fingerprint density at radius 3 is 2.23 bits per heavy atom. The molecule has 0 saturated carbocycles. The Bertz CT molecular complexity index is 879. The van der Waals surface area contributed by atoms with Gasteiger partial charge < -0.3 is 14.8 Å². The topological polar surface area (TPSA) is 108 Å². The number of sulfonamides is 1. The van der Waals surface area contributed by atoms with Gasteiger partial charge in [-0.1, -0.05) is 18.2 Å². The van der Waals surface area contributed by atoms with Crippen LogP contribution in [-0.4, -0.2) is 28.5 Å². The maximum absolute atomic E-state index is 12.3. The van der Waals surface area contributed by atoms with E-state index in [0.29, 0.717) is 11.5 Å². The van der Waals surface area contributed by atoms with Crippen molar-refractivity contribution in [2.45, 2.75) is 24.3 Å². The molecule has 0 unspecified atom stereocenters. The first kappa shape index (κ1) is 19.7. The van der Waals surface area contributed by atoms with Crippen molar-refractivity contribution >= 4 is 15.9 Å². The lowest BCUT2D eigenvalue weighted by atomic mass is 10.1. The Balaban J connectivity index is 2.03. The third-order valence-corrected chi connectivity index (χ3v) is 4.83. The van der Waals surface area contributed by atoms with E-state index in [2.05, 4.69) is 5.32 Å². The number of nitrogens with two attached hydrogens (primary N) is 1. The van der Waals surface area contributed by atoms with E-state index in [-0.39, 0.29) is 23.3 Å². The minimum Gasteiger partial charge on any atom is -0.493 e. The third-order valence-electron chi connectivity index (χ3n) is 3.90. The number of carbonyl (C=O) groups is 1. The second kappa shape index (κ2) is 8.20. The summed E-state index contributed by atoms with van der Waals surface area (Å²) in [5.41, 5.74) is 1.56. The summed E-state index contributed by atoms with van der Waals surface area (Å²) in [5.74, 6) is 0.990. The maximum atomic E-state index is 12.3. The number of hydrogen-bond acceptors (Lipinski definition) is 5.